The Morgan fingerprint density at radius 3 is 2.74 bits per heavy atom. The highest BCUT2D eigenvalue weighted by molar-refractivity contribution is 9.10. The minimum atomic E-state index is -0.541. The number of nitrogens with one attached hydrogen (secondary N) is 1. The first-order valence-corrected chi connectivity index (χ1v) is 12.9. The number of ether oxygens (including phenoxy) is 2. The number of aryl methyl sites for hydroxylation is 1. The lowest BCUT2D eigenvalue weighted by atomic mass is 10.1. The molecule has 8 nitrogen and oxygen atoms in total. The van der Waals surface area contributed by atoms with Crippen LogP contribution in [0.3, 0.4) is 0 Å². The molecule has 4 rings (SSSR count). The minimum Gasteiger partial charge on any atom is -0.490 e. The zero-order valence-electron chi connectivity index (χ0n) is 21.4. The maximum Gasteiger partial charge on any atom is 0.282 e. The van der Waals surface area contributed by atoms with Crippen LogP contribution in [-0.4, -0.2) is 35.0 Å². The molecule has 0 fully saturated rings. The average molecular weight is 593 g/mol. The monoisotopic (exact) mass is 592 g/mol. The molecule has 1 aromatic heterocycles. The first kappa shape index (κ1) is 27.7. The van der Waals surface area contributed by atoms with Gasteiger partial charge in [-0.15, -0.1) is 6.58 Å². The lowest BCUT2D eigenvalue weighted by molar-refractivity contribution is -0.118. The molecule has 39 heavy (non-hydrogen) atoms. The number of nitrogens with zero attached hydrogens (tertiary/aromatic N) is 3. The molecule has 0 saturated carbocycles. The van der Waals surface area contributed by atoms with E-state index in [4.69, 9.17) is 9.47 Å². The zero-order chi connectivity index (χ0) is 27.9. The number of allylic oxidation sites excluding steroid dienone is 1. The van der Waals surface area contributed by atoms with Crippen molar-refractivity contribution in [3.63, 3.8) is 0 Å². The molecule has 0 bridgehead atoms. The van der Waals surface area contributed by atoms with E-state index in [9.17, 15) is 14.0 Å². The van der Waals surface area contributed by atoms with E-state index in [0.717, 1.165) is 4.47 Å². The summed E-state index contributed by atoms with van der Waals surface area (Å²) in [5.41, 5.74) is 1.68. The number of amides is 1. The number of hydrogen-bond donors (Lipinski definition) is 1. The number of para-hydroxylation sites is 1. The van der Waals surface area contributed by atoms with E-state index >= 15 is 0 Å². The largest absolute Gasteiger partial charge is 0.490 e. The molecule has 1 amide bonds. The molecule has 200 valence electrons. The van der Waals surface area contributed by atoms with Crippen molar-refractivity contribution in [2.24, 2.45) is 5.10 Å². The van der Waals surface area contributed by atoms with E-state index in [0.29, 0.717) is 52.4 Å². The number of aromatic nitrogens is 2. The van der Waals surface area contributed by atoms with Crippen LogP contribution in [0.2, 0.25) is 0 Å². The maximum atomic E-state index is 13.9. The Hall–Kier alpha value is -4.31. The summed E-state index contributed by atoms with van der Waals surface area (Å²) < 4.78 is 27.5. The Labute approximate surface area is 232 Å². The molecule has 0 saturated heterocycles. The molecule has 10 heteroatoms. The van der Waals surface area contributed by atoms with Crippen molar-refractivity contribution in [3.05, 3.63) is 105 Å². The summed E-state index contributed by atoms with van der Waals surface area (Å²) in [6.07, 6.45) is 3.64. The van der Waals surface area contributed by atoms with Crippen LogP contribution in [0.15, 0.2) is 81.6 Å². The highest BCUT2D eigenvalue weighted by Gasteiger charge is 2.16. The second kappa shape index (κ2) is 12.5. The predicted molar refractivity (Wildman–Crippen MR) is 153 cm³/mol. The molecule has 4 aromatic rings. The predicted octanol–water partition coefficient (Wildman–Crippen LogP) is 5.63. The summed E-state index contributed by atoms with van der Waals surface area (Å²) >= 11 is 3.39. The fraction of sp³-hybridized carbons (Fsp3) is 0.172. The fourth-order valence-corrected chi connectivity index (χ4v) is 4.26. The maximum absolute atomic E-state index is 13.9. The second-order valence-corrected chi connectivity index (χ2v) is 9.35. The van der Waals surface area contributed by atoms with E-state index in [1.54, 1.807) is 37.3 Å². The number of halogens is 2. The molecule has 3 aromatic carbocycles. The summed E-state index contributed by atoms with van der Waals surface area (Å²) in [5, 5.41) is 7.33. The lowest BCUT2D eigenvalue weighted by Gasteiger charge is -2.16. The molecule has 0 atom stereocenters. The smallest absolute Gasteiger partial charge is 0.282 e. The Kier molecular flexibility index (Phi) is 8.88. The molecular weight excluding hydrogens is 567 g/mol. The summed E-state index contributed by atoms with van der Waals surface area (Å²) in [6, 6.07) is 14.7. The van der Waals surface area contributed by atoms with Crippen molar-refractivity contribution in [2.45, 2.75) is 20.3 Å². The molecule has 1 heterocycles. The van der Waals surface area contributed by atoms with Crippen molar-refractivity contribution in [1.82, 2.24) is 9.66 Å². The number of carbonyl (C=O) groups excluding carboxylic acids is 1. The van der Waals surface area contributed by atoms with E-state index in [2.05, 4.69) is 37.9 Å². The lowest BCUT2D eigenvalue weighted by Crippen LogP contribution is -2.21. The van der Waals surface area contributed by atoms with Crippen LogP contribution in [0.25, 0.3) is 10.9 Å². The molecular formula is C29H26BrFN4O4. The minimum absolute atomic E-state index is 0.0649. The van der Waals surface area contributed by atoms with Crippen LogP contribution in [0.4, 0.5) is 10.1 Å². The van der Waals surface area contributed by atoms with Gasteiger partial charge < -0.3 is 14.8 Å². The van der Waals surface area contributed by atoms with E-state index in [1.807, 2.05) is 19.1 Å². The topological polar surface area (TPSA) is 94.8 Å². The first-order valence-electron chi connectivity index (χ1n) is 12.1. The van der Waals surface area contributed by atoms with Gasteiger partial charge in [0.15, 0.2) is 18.1 Å². The van der Waals surface area contributed by atoms with Gasteiger partial charge in [0.2, 0.25) is 0 Å². The molecule has 0 spiro atoms. The van der Waals surface area contributed by atoms with Gasteiger partial charge in [-0.25, -0.2) is 9.37 Å². The summed E-state index contributed by atoms with van der Waals surface area (Å²) in [6.45, 7) is 7.32. The van der Waals surface area contributed by atoms with Crippen LogP contribution in [0, 0.1) is 12.7 Å². The Morgan fingerprint density at radius 1 is 1.21 bits per heavy atom. The standard InChI is InChI=1S/C29H26BrFN4O4/c1-4-8-20-13-19(16-32-35-18(3)33-24-12-11-21(30)15-22(24)29(35)37)14-26(38-5-2)28(20)39-17-27(36)34-25-10-7-6-9-23(25)31/h4,6-7,9-16H,1,5,8,17H2,2-3H3,(H,34,36). The van der Waals surface area contributed by atoms with Crippen molar-refractivity contribution < 1.29 is 18.7 Å². The van der Waals surface area contributed by atoms with Crippen LogP contribution in [-0.2, 0) is 11.2 Å². The van der Waals surface area contributed by atoms with E-state index < -0.39 is 11.7 Å². The van der Waals surface area contributed by atoms with E-state index in [1.165, 1.54) is 29.1 Å². The second-order valence-electron chi connectivity index (χ2n) is 8.43. The van der Waals surface area contributed by atoms with Gasteiger partial charge >= 0.3 is 0 Å². The van der Waals surface area contributed by atoms with Gasteiger partial charge in [-0.1, -0.05) is 34.1 Å². The number of rotatable bonds is 10. The molecule has 0 aliphatic carbocycles. The van der Waals surface area contributed by atoms with Gasteiger partial charge in [-0.3, -0.25) is 9.59 Å². The Morgan fingerprint density at radius 2 is 2.00 bits per heavy atom. The zero-order valence-corrected chi connectivity index (χ0v) is 23.0. The number of hydrogen-bond acceptors (Lipinski definition) is 6. The number of carbonyl (C=O) groups is 1. The third kappa shape index (κ3) is 6.58. The highest BCUT2D eigenvalue weighted by atomic mass is 79.9. The highest BCUT2D eigenvalue weighted by Crippen LogP contribution is 2.34. The summed E-state index contributed by atoms with van der Waals surface area (Å²) in [7, 11) is 0. The molecule has 1 N–H and O–H groups in total. The summed E-state index contributed by atoms with van der Waals surface area (Å²) in [4.78, 5) is 30.0. The van der Waals surface area contributed by atoms with Crippen molar-refractivity contribution in [1.29, 1.82) is 0 Å². The van der Waals surface area contributed by atoms with Crippen LogP contribution < -0.4 is 20.3 Å². The quantitative estimate of drug-likeness (QED) is 0.190. The van der Waals surface area contributed by atoms with Gasteiger partial charge in [-0.05, 0) is 68.3 Å². The average Bonchev–Trinajstić information content (AvgIpc) is 2.90. The van der Waals surface area contributed by atoms with Crippen molar-refractivity contribution in [3.8, 4) is 11.5 Å². The first-order chi connectivity index (χ1) is 18.8. The van der Waals surface area contributed by atoms with E-state index in [-0.39, 0.29) is 17.9 Å². The van der Waals surface area contributed by atoms with Crippen molar-refractivity contribution >= 4 is 44.6 Å². The molecule has 0 radical (unpaired) electrons. The Balaban J connectivity index is 1.64. The number of fused-ring (bicyclic) bond motifs is 1. The van der Waals surface area contributed by atoms with Gasteiger partial charge in [-0.2, -0.15) is 9.78 Å². The molecule has 0 unspecified atom stereocenters. The van der Waals surface area contributed by atoms with Gasteiger partial charge in [0.05, 0.1) is 29.4 Å². The molecule has 0 aliphatic rings. The van der Waals surface area contributed by atoms with Gasteiger partial charge in [0, 0.05) is 10.0 Å². The number of anilines is 1. The third-order valence-corrected chi connectivity index (χ3v) is 6.10. The van der Waals surface area contributed by atoms with Gasteiger partial charge in [0.1, 0.15) is 11.6 Å². The SMILES string of the molecule is C=CCc1cc(C=Nn2c(C)nc3ccc(Br)cc3c2=O)cc(OCC)c1OCC(=O)Nc1ccccc1F. The van der Waals surface area contributed by atoms with Crippen LogP contribution >= 0.6 is 15.9 Å². The van der Waals surface area contributed by atoms with Crippen LogP contribution in [0.1, 0.15) is 23.9 Å². The fourth-order valence-electron chi connectivity index (χ4n) is 3.90. The van der Waals surface area contributed by atoms with Gasteiger partial charge in [0.25, 0.3) is 11.5 Å². The molecule has 0 aliphatic heterocycles. The van der Waals surface area contributed by atoms with Crippen molar-refractivity contribution in [2.75, 3.05) is 18.5 Å². The third-order valence-electron chi connectivity index (χ3n) is 5.61. The summed E-state index contributed by atoms with van der Waals surface area (Å²) in [5.74, 6) is 0.122. The normalized spacial score (nSPS) is 11.1. The number of benzene rings is 3. The van der Waals surface area contributed by atoms with Crippen LogP contribution in [0.5, 0.6) is 11.5 Å². The Bertz CT molecular complexity index is 1630.